The Bertz CT molecular complexity index is 400. The van der Waals surface area contributed by atoms with Crippen LogP contribution in [0, 0.1) is 5.92 Å². The summed E-state index contributed by atoms with van der Waals surface area (Å²) in [5.41, 5.74) is 0.892. The van der Waals surface area contributed by atoms with E-state index in [-0.39, 0.29) is 18.1 Å². The molecule has 0 radical (unpaired) electrons. The lowest BCUT2D eigenvalue weighted by atomic mass is 9.94. The van der Waals surface area contributed by atoms with Crippen molar-refractivity contribution in [2.24, 2.45) is 5.92 Å². The second-order valence-corrected chi connectivity index (χ2v) is 4.10. The van der Waals surface area contributed by atoms with Gasteiger partial charge >= 0.3 is 5.97 Å². The van der Waals surface area contributed by atoms with Crippen LogP contribution in [0.2, 0.25) is 0 Å². The SMILES string of the molecule is O=C(O)CC1CCOc2ccc(O)cc2C1. The van der Waals surface area contributed by atoms with Gasteiger partial charge in [0.15, 0.2) is 0 Å². The van der Waals surface area contributed by atoms with Crippen LogP contribution in [0.4, 0.5) is 0 Å². The Morgan fingerprint density at radius 1 is 1.50 bits per heavy atom. The van der Waals surface area contributed by atoms with Crippen molar-refractivity contribution in [1.29, 1.82) is 0 Å². The molecule has 16 heavy (non-hydrogen) atoms. The van der Waals surface area contributed by atoms with E-state index in [4.69, 9.17) is 9.84 Å². The zero-order valence-corrected chi connectivity index (χ0v) is 8.85. The number of hydrogen-bond acceptors (Lipinski definition) is 3. The van der Waals surface area contributed by atoms with E-state index in [2.05, 4.69) is 0 Å². The van der Waals surface area contributed by atoms with Gasteiger partial charge in [0.2, 0.25) is 0 Å². The quantitative estimate of drug-likeness (QED) is 0.800. The molecule has 0 aromatic heterocycles. The molecule has 0 saturated carbocycles. The molecule has 0 aliphatic carbocycles. The molecule has 1 aliphatic rings. The van der Waals surface area contributed by atoms with Crippen LogP contribution in [-0.2, 0) is 11.2 Å². The predicted molar refractivity (Wildman–Crippen MR) is 57.7 cm³/mol. The summed E-state index contributed by atoms with van der Waals surface area (Å²) in [5, 5.41) is 18.1. The number of hydrogen-bond donors (Lipinski definition) is 2. The Labute approximate surface area is 93.5 Å². The minimum Gasteiger partial charge on any atom is -0.508 e. The van der Waals surface area contributed by atoms with Crippen molar-refractivity contribution < 1.29 is 19.7 Å². The molecule has 1 aromatic rings. The Morgan fingerprint density at radius 3 is 3.06 bits per heavy atom. The van der Waals surface area contributed by atoms with Crippen LogP contribution in [0.1, 0.15) is 18.4 Å². The van der Waals surface area contributed by atoms with E-state index in [0.717, 1.165) is 17.7 Å². The Hall–Kier alpha value is -1.71. The molecule has 0 saturated heterocycles. The van der Waals surface area contributed by atoms with Crippen molar-refractivity contribution in [1.82, 2.24) is 0 Å². The fourth-order valence-corrected chi connectivity index (χ4v) is 2.04. The number of aromatic hydroxyl groups is 1. The van der Waals surface area contributed by atoms with Gasteiger partial charge in [-0.05, 0) is 42.5 Å². The Kier molecular flexibility index (Phi) is 2.99. The summed E-state index contributed by atoms with van der Waals surface area (Å²) < 4.78 is 5.51. The number of carboxylic acid groups (broad SMARTS) is 1. The van der Waals surface area contributed by atoms with Crippen LogP contribution in [0.5, 0.6) is 11.5 Å². The molecule has 1 unspecified atom stereocenters. The molecule has 4 heteroatoms. The predicted octanol–water partition coefficient (Wildman–Crippen LogP) is 1.81. The highest BCUT2D eigenvalue weighted by molar-refractivity contribution is 5.67. The van der Waals surface area contributed by atoms with E-state index < -0.39 is 5.97 Å². The highest BCUT2D eigenvalue weighted by atomic mass is 16.5. The molecular formula is C12H14O4. The van der Waals surface area contributed by atoms with Crippen molar-refractivity contribution in [2.45, 2.75) is 19.3 Å². The summed E-state index contributed by atoms with van der Waals surface area (Å²) in [6.07, 6.45) is 1.54. The molecular weight excluding hydrogens is 208 g/mol. The van der Waals surface area contributed by atoms with Gasteiger partial charge in [-0.3, -0.25) is 4.79 Å². The summed E-state index contributed by atoms with van der Waals surface area (Å²) in [6.45, 7) is 0.537. The smallest absolute Gasteiger partial charge is 0.303 e. The number of phenolic OH excluding ortho intramolecular Hbond substituents is 1. The van der Waals surface area contributed by atoms with Crippen molar-refractivity contribution >= 4 is 5.97 Å². The molecule has 0 bridgehead atoms. The minimum absolute atomic E-state index is 0.0838. The van der Waals surface area contributed by atoms with E-state index in [1.54, 1.807) is 18.2 Å². The van der Waals surface area contributed by atoms with Crippen molar-refractivity contribution in [3.63, 3.8) is 0 Å². The molecule has 1 aliphatic heterocycles. The molecule has 1 aromatic carbocycles. The second kappa shape index (κ2) is 4.43. The number of aliphatic carboxylic acids is 1. The number of carboxylic acids is 1. The lowest BCUT2D eigenvalue weighted by molar-refractivity contribution is -0.138. The molecule has 1 atom stereocenters. The maximum atomic E-state index is 10.7. The molecule has 4 nitrogen and oxygen atoms in total. The number of carbonyl (C=O) groups is 1. The molecule has 0 fully saturated rings. The van der Waals surface area contributed by atoms with Gasteiger partial charge in [-0.15, -0.1) is 0 Å². The van der Waals surface area contributed by atoms with Gasteiger partial charge in [0.05, 0.1) is 6.61 Å². The fraction of sp³-hybridized carbons (Fsp3) is 0.417. The van der Waals surface area contributed by atoms with Gasteiger partial charge in [0, 0.05) is 6.42 Å². The normalized spacial score (nSPS) is 19.4. The molecule has 2 N–H and O–H groups in total. The molecule has 0 spiro atoms. The maximum Gasteiger partial charge on any atom is 0.303 e. The number of rotatable bonds is 2. The highest BCUT2D eigenvalue weighted by Gasteiger charge is 2.20. The first-order valence-corrected chi connectivity index (χ1v) is 5.31. The van der Waals surface area contributed by atoms with Crippen LogP contribution >= 0.6 is 0 Å². The first-order valence-electron chi connectivity index (χ1n) is 5.31. The lowest BCUT2D eigenvalue weighted by Gasteiger charge is -2.10. The van der Waals surface area contributed by atoms with Gasteiger partial charge in [-0.2, -0.15) is 0 Å². The van der Waals surface area contributed by atoms with Crippen LogP contribution in [0.15, 0.2) is 18.2 Å². The minimum atomic E-state index is -0.784. The molecule has 1 heterocycles. The van der Waals surface area contributed by atoms with E-state index in [9.17, 15) is 9.90 Å². The van der Waals surface area contributed by atoms with Crippen LogP contribution in [0.25, 0.3) is 0 Å². The van der Waals surface area contributed by atoms with Crippen LogP contribution in [0.3, 0.4) is 0 Å². The van der Waals surface area contributed by atoms with E-state index in [0.29, 0.717) is 13.0 Å². The topological polar surface area (TPSA) is 66.8 Å². The molecule has 0 amide bonds. The molecule has 2 rings (SSSR count). The van der Waals surface area contributed by atoms with Gasteiger partial charge in [-0.25, -0.2) is 0 Å². The van der Waals surface area contributed by atoms with Crippen molar-refractivity contribution in [3.05, 3.63) is 23.8 Å². The molecule has 86 valence electrons. The highest BCUT2D eigenvalue weighted by Crippen LogP contribution is 2.30. The Morgan fingerprint density at radius 2 is 2.31 bits per heavy atom. The first-order chi connectivity index (χ1) is 7.65. The fourth-order valence-electron chi connectivity index (χ4n) is 2.04. The summed E-state index contributed by atoms with van der Waals surface area (Å²) in [5.74, 6) is 0.248. The van der Waals surface area contributed by atoms with Gasteiger partial charge < -0.3 is 14.9 Å². The summed E-state index contributed by atoms with van der Waals surface area (Å²) >= 11 is 0. The second-order valence-electron chi connectivity index (χ2n) is 4.10. The lowest BCUT2D eigenvalue weighted by Crippen LogP contribution is -2.11. The third-order valence-electron chi connectivity index (χ3n) is 2.80. The van der Waals surface area contributed by atoms with E-state index in [1.165, 1.54) is 0 Å². The van der Waals surface area contributed by atoms with Gasteiger partial charge in [-0.1, -0.05) is 0 Å². The Balaban J connectivity index is 2.19. The monoisotopic (exact) mass is 222 g/mol. The van der Waals surface area contributed by atoms with Crippen molar-refractivity contribution in [3.8, 4) is 11.5 Å². The third-order valence-corrected chi connectivity index (χ3v) is 2.80. The van der Waals surface area contributed by atoms with Crippen LogP contribution < -0.4 is 4.74 Å². The average Bonchev–Trinajstić information content (AvgIpc) is 2.37. The van der Waals surface area contributed by atoms with E-state index in [1.807, 2.05) is 0 Å². The number of phenols is 1. The first kappa shape index (κ1) is 10.8. The number of fused-ring (bicyclic) bond motifs is 1. The zero-order valence-electron chi connectivity index (χ0n) is 8.85. The summed E-state index contributed by atoms with van der Waals surface area (Å²) in [7, 11) is 0. The summed E-state index contributed by atoms with van der Waals surface area (Å²) in [6, 6.07) is 4.96. The standard InChI is InChI=1S/C12H14O4/c13-10-1-2-11-9(7-10)5-8(3-4-16-11)6-12(14)15/h1-2,7-8,13H,3-6H2,(H,14,15). The average molecular weight is 222 g/mol. The maximum absolute atomic E-state index is 10.7. The van der Waals surface area contributed by atoms with Gasteiger partial charge in [0.1, 0.15) is 11.5 Å². The summed E-state index contributed by atoms with van der Waals surface area (Å²) in [4.78, 5) is 10.7. The third kappa shape index (κ3) is 2.45. The van der Waals surface area contributed by atoms with Crippen LogP contribution in [-0.4, -0.2) is 22.8 Å². The number of ether oxygens (including phenoxy) is 1. The zero-order chi connectivity index (χ0) is 11.5. The van der Waals surface area contributed by atoms with Crippen molar-refractivity contribution in [2.75, 3.05) is 6.61 Å². The van der Waals surface area contributed by atoms with Gasteiger partial charge in [0.25, 0.3) is 0 Å². The van der Waals surface area contributed by atoms with E-state index >= 15 is 0 Å². The number of benzene rings is 1. The largest absolute Gasteiger partial charge is 0.508 e.